The van der Waals surface area contributed by atoms with Crippen molar-refractivity contribution >= 4 is 11.7 Å². The molecule has 100 valence electrons. The van der Waals surface area contributed by atoms with Gasteiger partial charge in [-0.15, -0.1) is 0 Å². The number of carbonyl (C=O) groups is 1. The van der Waals surface area contributed by atoms with E-state index in [4.69, 9.17) is 5.11 Å². The van der Waals surface area contributed by atoms with E-state index in [2.05, 4.69) is 29.1 Å². The molecule has 2 aromatic rings. The molecule has 0 saturated heterocycles. The van der Waals surface area contributed by atoms with Crippen LogP contribution in [0.15, 0.2) is 42.6 Å². The number of hydrogen-bond acceptors (Lipinski definition) is 2. The number of hydrogen-bond donors (Lipinski definition) is 2. The first-order valence-corrected chi connectivity index (χ1v) is 6.42. The van der Waals surface area contributed by atoms with E-state index in [0.717, 1.165) is 18.7 Å². The lowest BCUT2D eigenvalue weighted by molar-refractivity contribution is 0.0697. The van der Waals surface area contributed by atoms with Gasteiger partial charge < -0.3 is 15.0 Å². The highest BCUT2D eigenvalue weighted by atomic mass is 16.4. The van der Waals surface area contributed by atoms with Crippen LogP contribution in [-0.4, -0.2) is 15.6 Å². The molecule has 2 rings (SSSR count). The summed E-state index contributed by atoms with van der Waals surface area (Å²) < 4.78 is 2.20. The van der Waals surface area contributed by atoms with Crippen molar-refractivity contribution in [3.05, 3.63) is 53.9 Å². The largest absolute Gasteiger partial charge is 0.478 e. The lowest BCUT2D eigenvalue weighted by Gasteiger charge is -2.10. The summed E-state index contributed by atoms with van der Waals surface area (Å²) in [4.78, 5) is 10.9. The van der Waals surface area contributed by atoms with Gasteiger partial charge in [0.15, 0.2) is 0 Å². The van der Waals surface area contributed by atoms with E-state index < -0.39 is 5.97 Å². The minimum Gasteiger partial charge on any atom is -0.478 e. The Morgan fingerprint density at radius 2 is 2.16 bits per heavy atom. The highest BCUT2D eigenvalue weighted by molar-refractivity contribution is 5.88. The summed E-state index contributed by atoms with van der Waals surface area (Å²) in [6, 6.07) is 11.0. The van der Waals surface area contributed by atoms with Gasteiger partial charge in [0.1, 0.15) is 0 Å². The van der Waals surface area contributed by atoms with Crippen LogP contribution in [0.3, 0.4) is 0 Å². The van der Waals surface area contributed by atoms with Crippen LogP contribution in [0.1, 0.15) is 29.4 Å². The van der Waals surface area contributed by atoms with Crippen LogP contribution >= 0.6 is 0 Å². The number of nitrogens with one attached hydrogen (secondary N) is 1. The van der Waals surface area contributed by atoms with Crippen LogP contribution in [0, 0.1) is 0 Å². The minimum absolute atomic E-state index is 0.300. The minimum atomic E-state index is -0.905. The van der Waals surface area contributed by atoms with Crippen molar-refractivity contribution in [1.82, 2.24) is 4.57 Å². The summed E-state index contributed by atoms with van der Waals surface area (Å²) in [6.07, 6.45) is 3.16. The standard InChI is InChI=1S/C15H18N2O2/c1-2-8-17-9-4-7-14(17)11-16-13-6-3-5-12(10-13)15(18)19/h3-7,9-10,16H,2,8,11H2,1H3,(H,18,19). The summed E-state index contributed by atoms with van der Waals surface area (Å²) in [5.74, 6) is -0.905. The lowest BCUT2D eigenvalue weighted by atomic mass is 10.2. The van der Waals surface area contributed by atoms with Gasteiger partial charge in [-0.05, 0) is 36.8 Å². The van der Waals surface area contributed by atoms with Gasteiger partial charge in [0.25, 0.3) is 0 Å². The maximum Gasteiger partial charge on any atom is 0.335 e. The van der Waals surface area contributed by atoms with Crippen molar-refractivity contribution in [2.75, 3.05) is 5.32 Å². The van der Waals surface area contributed by atoms with Crippen molar-refractivity contribution in [3.8, 4) is 0 Å². The molecule has 0 radical (unpaired) electrons. The Morgan fingerprint density at radius 3 is 2.89 bits per heavy atom. The average molecular weight is 258 g/mol. The monoisotopic (exact) mass is 258 g/mol. The van der Waals surface area contributed by atoms with Crippen molar-refractivity contribution < 1.29 is 9.90 Å². The third kappa shape index (κ3) is 3.37. The molecule has 0 atom stereocenters. The SMILES string of the molecule is CCCn1cccc1CNc1cccc(C(=O)O)c1. The molecule has 0 aliphatic carbocycles. The van der Waals surface area contributed by atoms with Crippen molar-refractivity contribution in [3.63, 3.8) is 0 Å². The van der Waals surface area contributed by atoms with Gasteiger partial charge in [0.2, 0.25) is 0 Å². The molecule has 0 amide bonds. The Hall–Kier alpha value is -2.23. The fraction of sp³-hybridized carbons (Fsp3) is 0.267. The third-order valence-corrected chi connectivity index (χ3v) is 2.97. The molecule has 4 heteroatoms. The number of anilines is 1. The highest BCUT2D eigenvalue weighted by Crippen LogP contribution is 2.13. The summed E-state index contributed by atoms with van der Waals surface area (Å²) in [5.41, 5.74) is 2.32. The van der Waals surface area contributed by atoms with E-state index in [-0.39, 0.29) is 0 Å². The van der Waals surface area contributed by atoms with Crippen molar-refractivity contribution in [2.24, 2.45) is 0 Å². The van der Waals surface area contributed by atoms with Crippen LogP contribution in [0.5, 0.6) is 0 Å². The quantitative estimate of drug-likeness (QED) is 0.836. The Morgan fingerprint density at radius 1 is 1.32 bits per heavy atom. The Balaban J connectivity index is 2.04. The molecule has 19 heavy (non-hydrogen) atoms. The molecule has 0 bridgehead atoms. The predicted molar refractivity (Wildman–Crippen MR) is 75.5 cm³/mol. The van der Waals surface area contributed by atoms with Crippen LogP contribution < -0.4 is 5.32 Å². The van der Waals surface area contributed by atoms with Gasteiger partial charge in [-0.3, -0.25) is 0 Å². The smallest absolute Gasteiger partial charge is 0.335 e. The number of nitrogens with zero attached hydrogens (tertiary/aromatic N) is 1. The molecule has 0 saturated carbocycles. The topological polar surface area (TPSA) is 54.3 Å². The number of benzene rings is 1. The fourth-order valence-electron chi connectivity index (χ4n) is 2.02. The van der Waals surface area contributed by atoms with E-state index in [0.29, 0.717) is 12.1 Å². The maximum absolute atomic E-state index is 10.9. The van der Waals surface area contributed by atoms with Crippen LogP contribution in [0.2, 0.25) is 0 Å². The summed E-state index contributed by atoms with van der Waals surface area (Å²) >= 11 is 0. The Kier molecular flexibility index (Phi) is 4.23. The molecule has 0 aliphatic heterocycles. The van der Waals surface area contributed by atoms with Gasteiger partial charge in [-0.2, -0.15) is 0 Å². The van der Waals surface area contributed by atoms with Crippen LogP contribution in [0.4, 0.5) is 5.69 Å². The second kappa shape index (κ2) is 6.09. The van der Waals surface area contributed by atoms with E-state index >= 15 is 0 Å². The zero-order valence-corrected chi connectivity index (χ0v) is 11.0. The van der Waals surface area contributed by atoms with Gasteiger partial charge in [-0.25, -0.2) is 4.79 Å². The summed E-state index contributed by atoms with van der Waals surface area (Å²) in [6.45, 7) is 3.84. The van der Waals surface area contributed by atoms with Gasteiger partial charge in [-0.1, -0.05) is 13.0 Å². The molecule has 2 N–H and O–H groups in total. The zero-order chi connectivity index (χ0) is 13.7. The molecule has 0 fully saturated rings. The fourth-order valence-corrected chi connectivity index (χ4v) is 2.02. The Labute approximate surface area is 112 Å². The van der Waals surface area contributed by atoms with Gasteiger partial charge >= 0.3 is 5.97 Å². The van der Waals surface area contributed by atoms with Crippen molar-refractivity contribution in [2.45, 2.75) is 26.4 Å². The third-order valence-electron chi connectivity index (χ3n) is 2.97. The summed E-state index contributed by atoms with van der Waals surface area (Å²) in [5, 5.41) is 12.2. The van der Waals surface area contributed by atoms with Crippen molar-refractivity contribution in [1.29, 1.82) is 0 Å². The molecule has 4 nitrogen and oxygen atoms in total. The first kappa shape index (κ1) is 13.2. The lowest BCUT2D eigenvalue weighted by Crippen LogP contribution is -2.07. The molecule has 1 aromatic heterocycles. The number of aromatic nitrogens is 1. The molecular weight excluding hydrogens is 240 g/mol. The average Bonchev–Trinajstić information content (AvgIpc) is 2.85. The first-order valence-electron chi connectivity index (χ1n) is 6.42. The molecule has 0 unspecified atom stereocenters. The first-order chi connectivity index (χ1) is 9.20. The number of aryl methyl sites for hydroxylation is 1. The molecule has 0 aliphatic rings. The van der Waals surface area contributed by atoms with E-state index in [1.54, 1.807) is 18.2 Å². The van der Waals surface area contributed by atoms with E-state index in [9.17, 15) is 4.79 Å². The van der Waals surface area contributed by atoms with E-state index in [1.807, 2.05) is 12.1 Å². The number of rotatable bonds is 6. The second-order valence-electron chi connectivity index (χ2n) is 4.43. The predicted octanol–water partition coefficient (Wildman–Crippen LogP) is 3.21. The Bertz CT molecular complexity index is 561. The normalized spacial score (nSPS) is 10.4. The number of carboxylic acids is 1. The maximum atomic E-state index is 10.9. The summed E-state index contributed by atoms with van der Waals surface area (Å²) in [7, 11) is 0. The zero-order valence-electron chi connectivity index (χ0n) is 11.0. The number of aromatic carboxylic acids is 1. The molecule has 0 spiro atoms. The molecular formula is C15H18N2O2. The van der Waals surface area contributed by atoms with Crippen LogP contribution in [-0.2, 0) is 13.1 Å². The van der Waals surface area contributed by atoms with Crippen LogP contribution in [0.25, 0.3) is 0 Å². The molecule has 1 aromatic carbocycles. The number of carboxylic acid groups (broad SMARTS) is 1. The van der Waals surface area contributed by atoms with Gasteiger partial charge in [0.05, 0.1) is 12.1 Å². The molecule has 1 heterocycles. The van der Waals surface area contributed by atoms with Gasteiger partial charge in [0, 0.05) is 24.1 Å². The second-order valence-corrected chi connectivity index (χ2v) is 4.43. The highest BCUT2D eigenvalue weighted by Gasteiger charge is 2.04. The van der Waals surface area contributed by atoms with E-state index in [1.165, 1.54) is 5.69 Å².